The van der Waals surface area contributed by atoms with E-state index in [0.717, 1.165) is 43.6 Å². The Morgan fingerprint density at radius 3 is 2.37 bits per heavy atom. The van der Waals surface area contributed by atoms with Crippen molar-refractivity contribution in [3.05, 3.63) is 66.2 Å². The number of hydrogen-bond donors (Lipinski definition) is 2. The summed E-state index contributed by atoms with van der Waals surface area (Å²) >= 11 is 0. The van der Waals surface area contributed by atoms with Crippen molar-refractivity contribution in [2.24, 2.45) is 0 Å². The van der Waals surface area contributed by atoms with E-state index in [1.165, 1.54) is 0 Å². The fraction of sp³-hybridized carbons (Fsp3) is 0.458. The van der Waals surface area contributed by atoms with Crippen LogP contribution in [0.3, 0.4) is 0 Å². The normalized spacial score (nSPS) is 29.2. The number of benzene rings is 2. The highest BCUT2D eigenvalue weighted by Gasteiger charge is 2.53. The number of amides is 1. The van der Waals surface area contributed by atoms with Crippen LogP contribution in [-0.2, 0) is 15.1 Å². The Hall–Kier alpha value is -2.41. The third-order valence-corrected chi connectivity index (χ3v) is 7.15. The minimum absolute atomic E-state index is 0.0133. The van der Waals surface area contributed by atoms with Gasteiger partial charge in [-0.1, -0.05) is 48.5 Å². The molecule has 0 radical (unpaired) electrons. The lowest BCUT2D eigenvalue weighted by Crippen LogP contribution is -2.62. The summed E-state index contributed by atoms with van der Waals surface area (Å²) in [4.78, 5) is 17.5. The number of likely N-dealkylation sites (tertiary alicyclic amines) is 1. The van der Waals surface area contributed by atoms with Crippen LogP contribution in [0.25, 0.3) is 0 Å². The van der Waals surface area contributed by atoms with Gasteiger partial charge in [0, 0.05) is 31.4 Å². The first-order valence-electron chi connectivity index (χ1n) is 10.8. The van der Waals surface area contributed by atoms with E-state index in [-0.39, 0.29) is 11.9 Å². The van der Waals surface area contributed by atoms with E-state index in [0.29, 0.717) is 19.9 Å². The first-order valence-corrected chi connectivity index (χ1v) is 10.8. The summed E-state index contributed by atoms with van der Waals surface area (Å²) in [5.41, 5.74) is 0.449. The highest BCUT2D eigenvalue weighted by Crippen LogP contribution is 2.40. The van der Waals surface area contributed by atoms with Gasteiger partial charge in [0.15, 0.2) is 0 Å². The zero-order valence-electron chi connectivity index (χ0n) is 17.2. The quantitative estimate of drug-likeness (QED) is 0.816. The molecule has 3 heterocycles. The summed E-state index contributed by atoms with van der Waals surface area (Å²) in [7, 11) is 0. The standard InChI is InChI=1S/C24H29N3O3/c28-22-23(27(18-25-22)20-9-5-2-6-10-20)12-14-26(15-13-23)21-11-16-30-17-24(21,29)19-7-3-1-4-8-19/h1-10,21,29H,11-18H2,(H,25,28). The largest absolute Gasteiger partial charge is 0.381 e. The molecule has 5 rings (SSSR count). The summed E-state index contributed by atoms with van der Waals surface area (Å²) in [6.07, 6.45) is 2.28. The molecule has 0 bridgehead atoms. The smallest absolute Gasteiger partial charge is 0.247 e. The molecule has 0 aromatic heterocycles. The molecular weight excluding hydrogens is 378 g/mol. The average molecular weight is 408 g/mol. The Morgan fingerprint density at radius 1 is 1.00 bits per heavy atom. The zero-order valence-corrected chi connectivity index (χ0v) is 17.2. The van der Waals surface area contributed by atoms with Crippen LogP contribution in [0.1, 0.15) is 24.8 Å². The van der Waals surface area contributed by atoms with E-state index in [1.807, 2.05) is 48.5 Å². The van der Waals surface area contributed by atoms with E-state index in [2.05, 4.69) is 27.2 Å². The molecule has 3 aliphatic heterocycles. The van der Waals surface area contributed by atoms with E-state index < -0.39 is 11.1 Å². The predicted molar refractivity (Wildman–Crippen MR) is 115 cm³/mol. The van der Waals surface area contributed by atoms with E-state index in [1.54, 1.807) is 0 Å². The maximum atomic E-state index is 12.9. The maximum Gasteiger partial charge on any atom is 0.247 e. The van der Waals surface area contributed by atoms with Crippen LogP contribution in [0.2, 0.25) is 0 Å². The number of para-hydroxylation sites is 1. The van der Waals surface area contributed by atoms with Crippen molar-refractivity contribution in [1.82, 2.24) is 10.2 Å². The predicted octanol–water partition coefficient (Wildman–Crippen LogP) is 2.09. The lowest BCUT2D eigenvalue weighted by molar-refractivity contribution is -0.150. The molecule has 1 amide bonds. The minimum atomic E-state index is -1.03. The van der Waals surface area contributed by atoms with Gasteiger partial charge in [-0.3, -0.25) is 9.69 Å². The first kappa shape index (κ1) is 19.5. The minimum Gasteiger partial charge on any atom is -0.381 e. The molecular formula is C24H29N3O3. The van der Waals surface area contributed by atoms with Crippen LogP contribution < -0.4 is 10.2 Å². The van der Waals surface area contributed by atoms with Gasteiger partial charge in [-0.25, -0.2) is 0 Å². The van der Waals surface area contributed by atoms with Crippen molar-refractivity contribution in [3.8, 4) is 0 Å². The van der Waals surface area contributed by atoms with Crippen LogP contribution in [0.15, 0.2) is 60.7 Å². The molecule has 158 valence electrons. The second-order valence-electron chi connectivity index (χ2n) is 8.64. The molecule has 3 saturated heterocycles. The monoisotopic (exact) mass is 407 g/mol. The third kappa shape index (κ3) is 3.11. The van der Waals surface area contributed by atoms with Gasteiger partial charge in [0.25, 0.3) is 0 Å². The van der Waals surface area contributed by atoms with Crippen LogP contribution >= 0.6 is 0 Å². The lowest BCUT2D eigenvalue weighted by atomic mass is 9.79. The molecule has 3 aliphatic rings. The van der Waals surface area contributed by atoms with Gasteiger partial charge in [-0.15, -0.1) is 0 Å². The molecule has 0 aliphatic carbocycles. The van der Waals surface area contributed by atoms with Gasteiger partial charge in [0.05, 0.1) is 13.3 Å². The number of anilines is 1. The molecule has 6 heteroatoms. The molecule has 30 heavy (non-hydrogen) atoms. The number of nitrogens with zero attached hydrogens (tertiary/aromatic N) is 2. The van der Waals surface area contributed by atoms with Crippen molar-refractivity contribution >= 4 is 11.6 Å². The first-order chi connectivity index (χ1) is 14.6. The topological polar surface area (TPSA) is 65.0 Å². The number of piperidine rings is 1. The number of carbonyl (C=O) groups excluding carboxylic acids is 1. The lowest BCUT2D eigenvalue weighted by Gasteiger charge is -2.50. The Labute approximate surface area is 177 Å². The van der Waals surface area contributed by atoms with Crippen LogP contribution in [0.5, 0.6) is 0 Å². The van der Waals surface area contributed by atoms with Crippen molar-refractivity contribution in [2.75, 3.05) is 37.9 Å². The van der Waals surface area contributed by atoms with Crippen molar-refractivity contribution in [3.63, 3.8) is 0 Å². The molecule has 0 saturated carbocycles. The Morgan fingerprint density at radius 2 is 1.67 bits per heavy atom. The van der Waals surface area contributed by atoms with Gasteiger partial charge in [0.1, 0.15) is 11.1 Å². The highest BCUT2D eigenvalue weighted by molar-refractivity contribution is 5.93. The third-order valence-electron chi connectivity index (χ3n) is 7.15. The van der Waals surface area contributed by atoms with Crippen LogP contribution in [0.4, 0.5) is 5.69 Å². The van der Waals surface area contributed by atoms with Crippen molar-refractivity contribution in [1.29, 1.82) is 0 Å². The summed E-state index contributed by atoms with van der Waals surface area (Å²) in [6, 6.07) is 20.0. The number of carbonyl (C=O) groups is 1. The van der Waals surface area contributed by atoms with Crippen LogP contribution in [0, 0.1) is 0 Å². The Kier molecular flexibility index (Phi) is 5.01. The number of nitrogens with one attached hydrogen (secondary N) is 1. The Bertz CT molecular complexity index is 883. The average Bonchev–Trinajstić information content (AvgIpc) is 3.11. The van der Waals surface area contributed by atoms with E-state index >= 15 is 0 Å². The molecule has 2 N–H and O–H groups in total. The SMILES string of the molecule is O=C1NCN(c2ccccc2)C12CCN(C1CCOCC1(O)c1ccccc1)CC2. The second kappa shape index (κ2) is 7.69. The molecule has 1 spiro atoms. The number of ether oxygens (including phenoxy) is 1. The summed E-state index contributed by atoms with van der Waals surface area (Å²) in [5, 5.41) is 14.7. The van der Waals surface area contributed by atoms with Gasteiger partial charge in [-0.05, 0) is 37.0 Å². The fourth-order valence-electron chi connectivity index (χ4n) is 5.48. The van der Waals surface area contributed by atoms with Crippen molar-refractivity contribution < 1.29 is 14.6 Å². The number of aliphatic hydroxyl groups is 1. The molecule has 2 unspecified atom stereocenters. The number of hydrogen-bond acceptors (Lipinski definition) is 5. The summed E-state index contributed by atoms with van der Waals surface area (Å²) in [6.45, 7) is 3.05. The van der Waals surface area contributed by atoms with E-state index in [9.17, 15) is 9.90 Å². The molecule has 2 aromatic carbocycles. The molecule has 6 nitrogen and oxygen atoms in total. The maximum absolute atomic E-state index is 12.9. The van der Waals surface area contributed by atoms with Crippen molar-refractivity contribution in [2.45, 2.75) is 36.4 Å². The summed E-state index contributed by atoms with van der Waals surface area (Å²) < 4.78 is 5.70. The van der Waals surface area contributed by atoms with Gasteiger partial charge < -0.3 is 20.1 Å². The van der Waals surface area contributed by atoms with Gasteiger partial charge in [-0.2, -0.15) is 0 Å². The molecule has 2 atom stereocenters. The summed E-state index contributed by atoms with van der Waals surface area (Å²) in [5.74, 6) is 0.122. The second-order valence-corrected chi connectivity index (χ2v) is 8.64. The molecule has 3 fully saturated rings. The van der Waals surface area contributed by atoms with Crippen LogP contribution in [-0.4, -0.2) is 60.5 Å². The van der Waals surface area contributed by atoms with E-state index in [4.69, 9.17) is 4.74 Å². The zero-order chi connectivity index (χ0) is 20.6. The number of rotatable bonds is 3. The fourth-order valence-corrected chi connectivity index (χ4v) is 5.48. The molecule has 2 aromatic rings. The van der Waals surface area contributed by atoms with Gasteiger partial charge >= 0.3 is 0 Å². The highest BCUT2D eigenvalue weighted by atomic mass is 16.5. The Balaban J connectivity index is 1.38. The van der Waals surface area contributed by atoms with Gasteiger partial charge in [0.2, 0.25) is 5.91 Å².